The van der Waals surface area contributed by atoms with Crippen molar-refractivity contribution in [1.29, 1.82) is 0 Å². The van der Waals surface area contributed by atoms with Gasteiger partial charge in [0, 0.05) is 39.4 Å². The molecule has 4 rings (SSSR count). The molecular weight excluding hydrogens is 421 g/mol. The number of methoxy groups -OCH3 is 1. The lowest BCUT2D eigenvalue weighted by atomic mass is 9.71. The maximum absolute atomic E-state index is 13.4. The summed E-state index contributed by atoms with van der Waals surface area (Å²) in [5.74, 6) is -0.979. The summed E-state index contributed by atoms with van der Waals surface area (Å²) in [5, 5.41) is 4.49. The molecule has 0 bridgehead atoms. The second kappa shape index (κ2) is 8.29. The molecule has 0 saturated carbocycles. The van der Waals surface area contributed by atoms with Crippen LogP contribution in [-0.4, -0.2) is 18.9 Å². The molecule has 0 fully saturated rings. The Morgan fingerprint density at radius 2 is 1.77 bits per heavy atom. The molecule has 2 aromatic rings. The normalized spacial score (nSPS) is 21.3. The van der Waals surface area contributed by atoms with Crippen LogP contribution in [0.1, 0.15) is 42.7 Å². The third kappa shape index (κ3) is 3.66. The van der Waals surface area contributed by atoms with Crippen LogP contribution >= 0.6 is 23.2 Å². The first-order valence-corrected chi connectivity index (χ1v) is 10.5. The summed E-state index contributed by atoms with van der Waals surface area (Å²) < 4.78 is 5.04. The molecule has 1 aliphatic heterocycles. The van der Waals surface area contributed by atoms with Crippen LogP contribution in [0.3, 0.4) is 0 Å². The number of benzene rings is 2. The van der Waals surface area contributed by atoms with Gasteiger partial charge < -0.3 is 10.1 Å². The summed E-state index contributed by atoms with van der Waals surface area (Å²) >= 11 is 12.5. The molecule has 0 amide bonds. The molecule has 1 N–H and O–H groups in total. The van der Waals surface area contributed by atoms with Crippen molar-refractivity contribution in [2.24, 2.45) is 0 Å². The number of carbonyl (C=O) groups excluding carboxylic acids is 2. The lowest BCUT2D eigenvalue weighted by Crippen LogP contribution is -2.36. The molecule has 2 aromatic carbocycles. The first-order valence-electron chi connectivity index (χ1n) is 9.73. The van der Waals surface area contributed by atoms with Crippen LogP contribution in [0.2, 0.25) is 10.0 Å². The van der Waals surface area contributed by atoms with Crippen LogP contribution < -0.4 is 5.32 Å². The Kier molecular flexibility index (Phi) is 5.72. The van der Waals surface area contributed by atoms with Crippen molar-refractivity contribution >= 4 is 35.0 Å². The standard InChI is InChI=1S/C24H21Cl2NO3/c1-13-21(24(29)30-2)22(17-5-3-4-6-18(17)26)23-19(27-13)11-15(12-20(23)28)14-7-9-16(25)10-8-14/h3-10,15,22,27H,11-12H2,1-2H3/t15-,22-/m0/s1. The SMILES string of the molecule is COC(=O)C1=C(C)NC2=C(C(=O)C[C@@H](c3ccc(Cl)cc3)C2)[C@H]1c1ccccc1Cl. The number of ether oxygens (including phenoxy) is 1. The summed E-state index contributed by atoms with van der Waals surface area (Å²) in [6, 6.07) is 14.9. The summed E-state index contributed by atoms with van der Waals surface area (Å²) in [6.45, 7) is 1.83. The number of dihydropyridines is 1. The van der Waals surface area contributed by atoms with Crippen molar-refractivity contribution in [2.75, 3.05) is 7.11 Å². The highest BCUT2D eigenvalue weighted by Crippen LogP contribution is 2.47. The number of hydrogen-bond donors (Lipinski definition) is 1. The molecule has 2 atom stereocenters. The van der Waals surface area contributed by atoms with E-state index in [1.165, 1.54) is 7.11 Å². The van der Waals surface area contributed by atoms with E-state index >= 15 is 0 Å². The Balaban J connectivity index is 1.82. The van der Waals surface area contributed by atoms with E-state index in [0.717, 1.165) is 16.8 Å². The van der Waals surface area contributed by atoms with E-state index in [0.29, 0.717) is 39.7 Å². The number of hydrogen-bond acceptors (Lipinski definition) is 4. The van der Waals surface area contributed by atoms with E-state index in [2.05, 4.69) is 5.32 Å². The zero-order valence-electron chi connectivity index (χ0n) is 16.7. The number of esters is 1. The van der Waals surface area contributed by atoms with Gasteiger partial charge >= 0.3 is 5.97 Å². The summed E-state index contributed by atoms with van der Waals surface area (Å²) in [7, 11) is 1.34. The summed E-state index contributed by atoms with van der Waals surface area (Å²) in [5.41, 5.74) is 4.32. The van der Waals surface area contributed by atoms with Crippen molar-refractivity contribution in [1.82, 2.24) is 5.32 Å². The monoisotopic (exact) mass is 441 g/mol. The minimum atomic E-state index is -0.555. The van der Waals surface area contributed by atoms with E-state index in [1.807, 2.05) is 49.4 Å². The topological polar surface area (TPSA) is 55.4 Å². The van der Waals surface area contributed by atoms with E-state index in [1.54, 1.807) is 6.07 Å². The van der Waals surface area contributed by atoms with E-state index in [9.17, 15) is 9.59 Å². The fraction of sp³-hybridized carbons (Fsp3) is 0.250. The van der Waals surface area contributed by atoms with Crippen LogP contribution in [0.5, 0.6) is 0 Å². The fourth-order valence-electron chi connectivity index (χ4n) is 4.41. The zero-order chi connectivity index (χ0) is 21.4. The van der Waals surface area contributed by atoms with Gasteiger partial charge in [0.1, 0.15) is 0 Å². The Hall–Kier alpha value is -2.56. The molecule has 6 heteroatoms. The molecule has 154 valence electrons. The van der Waals surface area contributed by atoms with Crippen LogP contribution in [0.25, 0.3) is 0 Å². The Morgan fingerprint density at radius 1 is 1.07 bits per heavy atom. The maximum Gasteiger partial charge on any atom is 0.336 e. The molecule has 1 heterocycles. The van der Waals surface area contributed by atoms with Crippen LogP contribution in [0.4, 0.5) is 0 Å². The Morgan fingerprint density at radius 3 is 2.43 bits per heavy atom. The van der Waals surface area contributed by atoms with Gasteiger partial charge in [0.2, 0.25) is 0 Å². The van der Waals surface area contributed by atoms with E-state index in [-0.39, 0.29) is 11.7 Å². The number of allylic oxidation sites excluding steroid dienone is 3. The van der Waals surface area contributed by atoms with Gasteiger partial charge in [-0.1, -0.05) is 53.5 Å². The van der Waals surface area contributed by atoms with Crippen molar-refractivity contribution < 1.29 is 14.3 Å². The van der Waals surface area contributed by atoms with Gasteiger partial charge in [0.05, 0.1) is 12.7 Å². The lowest BCUT2D eigenvalue weighted by Gasteiger charge is -2.36. The first-order chi connectivity index (χ1) is 14.4. The minimum absolute atomic E-state index is 0.00234. The quantitative estimate of drug-likeness (QED) is 0.636. The highest BCUT2D eigenvalue weighted by Gasteiger charge is 2.41. The molecule has 4 nitrogen and oxygen atoms in total. The van der Waals surface area contributed by atoms with Crippen molar-refractivity contribution in [2.45, 2.75) is 31.6 Å². The van der Waals surface area contributed by atoms with Crippen LogP contribution in [-0.2, 0) is 14.3 Å². The molecule has 2 aliphatic rings. The van der Waals surface area contributed by atoms with Gasteiger partial charge in [-0.2, -0.15) is 0 Å². The average molecular weight is 442 g/mol. The molecule has 0 unspecified atom stereocenters. The third-order valence-corrected chi connectivity index (χ3v) is 6.39. The summed E-state index contributed by atoms with van der Waals surface area (Å²) in [4.78, 5) is 26.1. The predicted molar refractivity (Wildman–Crippen MR) is 118 cm³/mol. The van der Waals surface area contributed by atoms with Crippen LogP contribution in [0.15, 0.2) is 71.1 Å². The second-order valence-electron chi connectivity index (χ2n) is 7.58. The molecule has 0 radical (unpaired) electrons. The Labute approximate surface area is 185 Å². The highest BCUT2D eigenvalue weighted by molar-refractivity contribution is 6.31. The highest BCUT2D eigenvalue weighted by atomic mass is 35.5. The number of carbonyl (C=O) groups is 2. The second-order valence-corrected chi connectivity index (χ2v) is 8.43. The van der Waals surface area contributed by atoms with Crippen molar-refractivity contribution in [3.05, 3.63) is 92.2 Å². The van der Waals surface area contributed by atoms with Crippen molar-refractivity contribution in [3.8, 4) is 0 Å². The number of halogens is 2. The van der Waals surface area contributed by atoms with Gasteiger partial charge in [0.25, 0.3) is 0 Å². The van der Waals surface area contributed by atoms with Crippen LogP contribution in [0, 0.1) is 0 Å². The number of ketones is 1. The molecular formula is C24H21Cl2NO3. The molecule has 30 heavy (non-hydrogen) atoms. The smallest absolute Gasteiger partial charge is 0.336 e. The van der Waals surface area contributed by atoms with Crippen molar-refractivity contribution in [3.63, 3.8) is 0 Å². The number of nitrogens with one attached hydrogen (secondary N) is 1. The maximum atomic E-state index is 13.4. The molecule has 0 saturated heterocycles. The van der Waals surface area contributed by atoms with Gasteiger partial charge in [-0.3, -0.25) is 4.79 Å². The van der Waals surface area contributed by atoms with Gasteiger partial charge in [0.15, 0.2) is 5.78 Å². The van der Waals surface area contributed by atoms with E-state index < -0.39 is 11.9 Å². The average Bonchev–Trinajstić information content (AvgIpc) is 2.73. The fourth-order valence-corrected chi connectivity index (χ4v) is 4.78. The van der Waals surface area contributed by atoms with Gasteiger partial charge in [-0.15, -0.1) is 0 Å². The molecule has 1 aliphatic carbocycles. The number of rotatable bonds is 3. The predicted octanol–water partition coefficient (Wildman–Crippen LogP) is 5.53. The minimum Gasteiger partial charge on any atom is -0.466 e. The molecule has 0 aromatic heterocycles. The largest absolute Gasteiger partial charge is 0.466 e. The Bertz CT molecular complexity index is 1090. The first kappa shape index (κ1) is 20.7. The van der Waals surface area contributed by atoms with E-state index in [4.69, 9.17) is 27.9 Å². The lowest BCUT2D eigenvalue weighted by molar-refractivity contribution is -0.136. The summed E-state index contributed by atoms with van der Waals surface area (Å²) in [6.07, 6.45) is 1.02. The zero-order valence-corrected chi connectivity index (χ0v) is 18.2. The molecule has 0 spiro atoms. The number of Topliss-reactive ketones (excluding diaryl/α,β-unsaturated/α-hetero) is 1. The third-order valence-electron chi connectivity index (χ3n) is 5.79. The van der Waals surface area contributed by atoms with Gasteiger partial charge in [-0.25, -0.2) is 4.79 Å². The van der Waals surface area contributed by atoms with Gasteiger partial charge in [-0.05, 0) is 48.6 Å².